The van der Waals surface area contributed by atoms with Crippen molar-refractivity contribution in [1.82, 2.24) is 0 Å². The van der Waals surface area contributed by atoms with Gasteiger partial charge in [0.05, 0.1) is 18.2 Å². The molecule has 4 atom stereocenters. The van der Waals surface area contributed by atoms with Crippen LogP contribution < -0.4 is 0 Å². The number of carbonyl (C=O) groups is 2. The van der Waals surface area contributed by atoms with Gasteiger partial charge in [-0.25, -0.2) is 14.0 Å². The number of carbonyl (C=O) groups excluding carboxylic acids is 2. The fourth-order valence-corrected chi connectivity index (χ4v) is 3.16. The predicted molar refractivity (Wildman–Crippen MR) is 98.2 cm³/mol. The van der Waals surface area contributed by atoms with Crippen LogP contribution in [0.25, 0.3) is 0 Å². The van der Waals surface area contributed by atoms with Crippen molar-refractivity contribution in [1.29, 1.82) is 0 Å². The number of halogens is 3. The van der Waals surface area contributed by atoms with Crippen LogP contribution in [0.4, 0.5) is 4.39 Å². The molecule has 0 aliphatic carbocycles. The van der Waals surface area contributed by atoms with E-state index in [0.29, 0.717) is 5.02 Å². The second-order valence-corrected chi connectivity index (χ2v) is 6.86. The summed E-state index contributed by atoms with van der Waals surface area (Å²) in [6.45, 7) is 0. The lowest BCUT2D eigenvalue weighted by Crippen LogP contribution is -2.32. The van der Waals surface area contributed by atoms with Crippen molar-refractivity contribution in [2.45, 2.75) is 24.7 Å². The molecule has 1 heterocycles. The van der Waals surface area contributed by atoms with Gasteiger partial charge in [0, 0.05) is 15.6 Å². The first kappa shape index (κ1) is 20.5. The Kier molecular flexibility index (Phi) is 6.20. The van der Waals surface area contributed by atoms with Crippen LogP contribution in [0.2, 0.25) is 10.0 Å². The summed E-state index contributed by atoms with van der Waals surface area (Å²) < 4.78 is 29.8. The lowest BCUT2D eigenvalue weighted by atomic mass is 9.97. The number of esters is 2. The minimum absolute atomic E-state index is 0.0470. The molecular formula is C19H15Cl2FO6. The zero-order chi connectivity index (χ0) is 20.4. The van der Waals surface area contributed by atoms with E-state index in [0.717, 1.165) is 0 Å². The third kappa shape index (κ3) is 4.12. The van der Waals surface area contributed by atoms with Gasteiger partial charge < -0.3 is 19.3 Å². The first-order valence-electron chi connectivity index (χ1n) is 8.13. The summed E-state index contributed by atoms with van der Waals surface area (Å²) in [7, 11) is 1.18. The monoisotopic (exact) mass is 428 g/mol. The van der Waals surface area contributed by atoms with Gasteiger partial charge in [0.25, 0.3) is 0 Å². The summed E-state index contributed by atoms with van der Waals surface area (Å²) in [6, 6.07) is 9.99. The van der Waals surface area contributed by atoms with E-state index >= 15 is 0 Å². The number of benzene rings is 2. The van der Waals surface area contributed by atoms with E-state index in [1.807, 2.05) is 0 Å². The Morgan fingerprint density at radius 3 is 2.36 bits per heavy atom. The molecule has 0 bridgehead atoms. The summed E-state index contributed by atoms with van der Waals surface area (Å²) in [5, 5.41) is 10.5. The third-order valence-electron chi connectivity index (χ3n) is 4.22. The van der Waals surface area contributed by atoms with Crippen LogP contribution in [-0.4, -0.2) is 42.7 Å². The summed E-state index contributed by atoms with van der Waals surface area (Å²) in [4.78, 5) is 24.4. The van der Waals surface area contributed by atoms with E-state index in [9.17, 15) is 19.1 Å². The van der Waals surface area contributed by atoms with Gasteiger partial charge in [-0.05, 0) is 42.5 Å². The standard InChI is InChI=1S/C19H15Cl2FO6/c1-26-18(24)12-7-6-11(21)8-13(12)15-16(14(22)19(25)27-15)28-17(23)9-2-4-10(20)5-3-9/h2-8,14-16,19,25H,1H3/t14-,15+,16-,19?/m0/s1. The topological polar surface area (TPSA) is 82.1 Å². The van der Waals surface area contributed by atoms with Crippen molar-refractivity contribution in [3.63, 3.8) is 0 Å². The molecule has 1 aliphatic heterocycles. The highest BCUT2D eigenvalue weighted by Crippen LogP contribution is 2.39. The van der Waals surface area contributed by atoms with Gasteiger partial charge in [0.1, 0.15) is 6.10 Å². The Balaban J connectivity index is 1.94. The molecule has 1 fully saturated rings. The maximum Gasteiger partial charge on any atom is 0.338 e. The van der Waals surface area contributed by atoms with E-state index in [2.05, 4.69) is 0 Å². The predicted octanol–water partition coefficient (Wildman–Crippen LogP) is 3.73. The molecule has 1 unspecified atom stereocenters. The molecule has 0 amide bonds. The molecule has 2 aromatic carbocycles. The van der Waals surface area contributed by atoms with Crippen LogP contribution in [0.5, 0.6) is 0 Å². The Morgan fingerprint density at radius 1 is 1.07 bits per heavy atom. The van der Waals surface area contributed by atoms with Crippen molar-refractivity contribution in [2.24, 2.45) is 0 Å². The van der Waals surface area contributed by atoms with Crippen LogP contribution in [-0.2, 0) is 14.2 Å². The second kappa shape index (κ2) is 8.45. The molecule has 0 radical (unpaired) electrons. The van der Waals surface area contributed by atoms with Crippen LogP contribution in [0, 0.1) is 0 Å². The first-order valence-corrected chi connectivity index (χ1v) is 8.89. The Hall–Kier alpha value is -2.19. The number of ether oxygens (including phenoxy) is 3. The molecule has 1 saturated heterocycles. The van der Waals surface area contributed by atoms with Gasteiger partial charge in [-0.3, -0.25) is 0 Å². The molecule has 0 aromatic heterocycles. The van der Waals surface area contributed by atoms with E-state index < -0.39 is 36.6 Å². The summed E-state index contributed by atoms with van der Waals surface area (Å²) in [6.07, 6.45) is -6.67. The van der Waals surface area contributed by atoms with Gasteiger partial charge in [-0.15, -0.1) is 0 Å². The van der Waals surface area contributed by atoms with E-state index in [4.69, 9.17) is 37.4 Å². The summed E-state index contributed by atoms with van der Waals surface area (Å²) >= 11 is 11.8. The normalized spacial score (nSPS) is 24.0. The van der Waals surface area contributed by atoms with Gasteiger partial charge in [0.2, 0.25) is 0 Å². The summed E-state index contributed by atoms with van der Waals surface area (Å²) in [5.41, 5.74) is 0.314. The van der Waals surface area contributed by atoms with Crippen LogP contribution in [0.3, 0.4) is 0 Å². The van der Waals surface area contributed by atoms with Crippen molar-refractivity contribution >= 4 is 35.1 Å². The third-order valence-corrected chi connectivity index (χ3v) is 4.71. The van der Waals surface area contributed by atoms with Crippen molar-refractivity contribution in [2.75, 3.05) is 7.11 Å². The molecule has 2 aromatic rings. The number of rotatable bonds is 4. The second-order valence-electron chi connectivity index (χ2n) is 5.99. The SMILES string of the molecule is COC(=O)c1ccc(Cl)cc1[C@H]1OC(O)[C@@H](F)[C@@H]1OC(=O)c1ccc(Cl)cc1. The molecule has 6 nitrogen and oxygen atoms in total. The smallest absolute Gasteiger partial charge is 0.338 e. The minimum atomic E-state index is -2.04. The highest BCUT2D eigenvalue weighted by Gasteiger charge is 2.49. The lowest BCUT2D eigenvalue weighted by molar-refractivity contribution is -0.113. The van der Waals surface area contributed by atoms with Gasteiger partial charge in [0.15, 0.2) is 18.6 Å². The fraction of sp³-hybridized carbons (Fsp3) is 0.263. The van der Waals surface area contributed by atoms with Gasteiger partial charge >= 0.3 is 11.9 Å². The highest BCUT2D eigenvalue weighted by atomic mass is 35.5. The molecule has 3 rings (SSSR count). The van der Waals surface area contributed by atoms with Gasteiger partial charge in [-0.1, -0.05) is 23.2 Å². The van der Waals surface area contributed by atoms with Gasteiger partial charge in [-0.2, -0.15) is 0 Å². The van der Waals surface area contributed by atoms with Crippen LogP contribution in [0.15, 0.2) is 42.5 Å². The van der Waals surface area contributed by atoms with E-state index in [1.54, 1.807) is 0 Å². The highest BCUT2D eigenvalue weighted by molar-refractivity contribution is 6.31. The fourth-order valence-electron chi connectivity index (χ4n) is 2.85. The molecule has 28 heavy (non-hydrogen) atoms. The molecular weight excluding hydrogens is 414 g/mol. The largest absolute Gasteiger partial charge is 0.465 e. The summed E-state index contributed by atoms with van der Waals surface area (Å²) in [5.74, 6) is -1.55. The number of hydrogen-bond donors (Lipinski definition) is 1. The van der Waals surface area contributed by atoms with Crippen molar-refractivity contribution < 1.29 is 33.3 Å². The zero-order valence-corrected chi connectivity index (χ0v) is 16.0. The van der Waals surface area contributed by atoms with E-state index in [1.165, 1.54) is 49.6 Å². The number of alkyl halides is 1. The van der Waals surface area contributed by atoms with E-state index in [-0.39, 0.29) is 21.7 Å². The Morgan fingerprint density at radius 2 is 1.71 bits per heavy atom. The zero-order valence-electron chi connectivity index (χ0n) is 14.5. The molecule has 0 spiro atoms. The first-order chi connectivity index (χ1) is 13.3. The maximum absolute atomic E-state index is 14.6. The number of aliphatic hydroxyl groups excluding tert-OH is 1. The average Bonchev–Trinajstić information content (AvgIpc) is 2.96. The van der Waals surface area contributed by atoms with Crippen LogP contribution in [0.1, 0.15) is 32.4 Å². The van der Waals surface area contributed by atoms with Crippen LogP contribution >= 0.6 is 23.2 Å². The maximum atomic E-state index is 14.6. The Bertz CT molecular complexity index is 888. The Labute approximate surface area is 169 Å². The molecule has 9 heteroatoms. The molecule has 1 aliphatic rings. The number of hydrogen-bond acceptors (Lipinski definition) is 6. The molecule has 1 N–H and O–H groups in total. The quantitative estimate of drug-likeness (QED) is 0.746. The number of methoxy groups -OCH3 is 1. The minimum Gasteiger partial charge on any atom is -0.465 e. The number of aliphatic hydroxyl groups is 1. The van der Waals surface area contributed by atoms with Crippen molar-refractivity contribution in [3.8, 4) is 0 Å². The average molecular weight is 429 g/mol. The van der Waals surface area contributed by atoms with Crippen molar-refractivity contribution in [3.05, 3.63) is 69.2 Å². The molecule has 148 valence electrons. The lowest BCUT2D eigenvalue weighted by Gasteiger charge is -2.21. The molecule has 0 saturated carbocycles.